The number of rotatable bonds is 3. The molecule has 0 fully saturated rings. The molecule has 0 saturated heterocycles. The quantitative estimate of drug-likeness (QED) is 0.656. The Labute approximate surface area is 66.8 Å². The first-order chi connectivity index (χ1) is 5.36. The molecule has 0 aliphatic rings. The molecule has 0 saturated carbocycles. The van der Waals surface area contributed by atoms with Crippen molar-refractivity contribution in [2.24, 2.45) is 0 Å². The molecule has 2 nitrogen and oxygen atoms in total. The number of benzene rings is 1. The van der Waals surface area contributed by atoms with E-state index < -0.39 is 0 Å². The molecule has 0 heterocycles. The molecule has 0 spiro atoms. The van der Waals surface area contributed by atoms with E-state index in [-0.39, 0.29) is 0 Å². The predicted molar refractivity (Wildman–Crippen MR) is 43.4 cm³/mol. The zero-order valence-electron chi connectivity index (χ0n) is 6.70. The van der Waals surface area contributed by atoms with Crippen LogP contribution in [0.1, 0.15) is 5.56 Å². The first-order valence-corrected chi connectivity index (χ1v) is 3.37. The van der Waals surface area contributed by atoms with Crippen molar-refractivity contribution in [3.63, 3.8) is 0 Å². The smallest absolute Gasteiger partial charge is 0.119 e. The van der Waals surface area contributed by atoms with Gasteiger partial charge >= 0.3 is 0 Å². The van der Waals surface area contributed by atoms with Crippen LogP contribution in [0.4, 0.5) is 0 Å². The lowest BCUT2D eigenvalue weighted by atomic mass is 10.2. The van der Waals surface area contributed by atoms with Crippen molar-refractivity contribution in [3.8, 4) is 5.75 Å². The van der Waals surface area contributed by atoms with Gasteiger partial charge in [0.15, 0.2) is 0 Å². The summed E-state index contributed by atoms with van der Waals surface area (Å²) in [4.78, 5) is 0. The van der Waals surface area contributed by atoms with E-state index in [0.29, 0.717) is 0 Å². The van der Waals surface area contributed by atoms with Crippen LogP contribution in [0.25, 0.3) is 0 Å². The fourth-order valence-corrected chi connectivity index (χ4v) is 0.851. The molecular formula is C9H11O2. The standard InChI is InChI=1S/C9H11O2/c1-10-7-8-4-3-5-9(6-8)11-2/h3-7H,1-2H3. The topological polar surface area (TPSA) is 18.5 Å². The highest BCUT2D eigenvalue weighted by molar-refractivity contribution is 5.31. The minimum absolute atomic E-state index is 0.843. The van der Waals surface area contributed by atoms with E-state index in [1.54, 1.807) is 20.8 Å². The lowest BCUT2D eigenvalue weighted by Crippen LogP contribution is -1.86. The highest BCUT2D eigenvalue weighted by Crippen LogP contribution is 2.13. The Morgan fingerprint density at radius 3 is 2.73 bits per heavy atom. The van der Waals surface area contributed by atoms with Crippen molar-refractivity contribution in [1.82, 2.24) is 0 Å². The van der Waals surface area contributed by atoms with E-state index in [4.69, 9.17) is 9.47 Å². The van der Waals surface area contributed by atoms with Crippen LogP contribution < -0.4 is 4.74 Å². The van der Waals surface area contributed by atoms with Gasteiger partial charge in [0.05, 0.1) is 7.11 Å². The van der Waals surface area contributed by atoms with E-state index in [1.165, 1.54) is 0 Å². The fourth-order valence-electron chi connectivity index (χ4n) is 0.851. The Hall–Kier alpha value is -1.02. The van der Waals surface area contributed by atoms with Crippen molar-refractivity contribution >= 4 is 0 Å². The lowest BCUT2D eigenvalue weighted by molar-refractivity contribution is 0.292. The molecular weight excluding hydrogens is 140 g/mol. The molecule has 0 atom stereocenters. The van der Waals surface area contributed by atoms with Gasteiger partial charge in [-0.15, -0.1) is 0 Å². The van der Waals surface area contributed by atoms with E-state index in [2.05, 4.69) is 0 Å². The van der Waals surface area contributed by atoms with Crippen LogP contribution >= 0.6 is 0 Å². The molecule has 0 N–H and O–H groups in total. The van der Waals surface area contributed by atoms with E-state index >= 15 is 0 Å². The normalized spacial score (nSPS) is 9.64. The van der Waals surface area contributed by atoms with E-state index in [1.807, 2.05) is 24.3 Å². The van der Waals surface area contributed by atoms with Crippen LogP contribution in [0.15, 0.2) is 24.3 Å². The maximum absolute atomic E-state index is 5.03. The highest BCUT2D eigenvalue weighted by Gasteiger charge is 1.93. The minimum Gasteiger partial charge on any atom is -0.497 e. The molecule has 59 valence electrons. The van der Waals surface area contributed by atoms with Crippen LogP contribution in [0.5, 0.6) is 5.75 Å². The Balaban J connectivity index is 2.74. The molecule has 1 radical (unpaired) electrons. The summed E-state index contributed by atoms with van der Waals surface area (Å²) >= 11 is 0. The fraction of sp³-hybridized carbons (Fsp3) is 0.222. The van der Waals surface area contributed by atoms with Crippen molar-refractivity contribution in [2.75, 3.05) is 14.2 Å². The molecule has 0 amide bonds. The third kappa shape index (κ3) is 2.24. The largest absolute Gasteiger partial charge is 0.497 e. The van der Waals surface area contributed by atoms with Gasteiger partial charge in [0.25, 0.3) is 0 Å². The average Bonchev–Trinajstić information content (AvgIpc) is 2.06. The first kappa shape index (κ1) is 8.08. The Bertz CT molecular complexity index is 221. The second-order valence-corrected chi connectivity index (χ2v) is 2.13. The molecule has 0 bridgehead atoms. The number of ether oxygens (including phenoxy) is 2. The van der Waals surface area contributed by atoms with Gasteiger partial charge in [0.1, 0.15) is 12.4 Å². The van der Waals surface area contributed by atoms with Gasteiger partial charge in [-0.2, -0.15) is 0 Å². The molecule has 0 aromatic heterocycles. The molecule has 0 aliphatic carbocycles. The van der Waals surface area contributed by atoms with Crippen LogP contribution in [0.3, 0.4) is 0 Å². The van der Waals surface area contributed by atoms with Crippen molar-refractivity contribution < 1.29 is 9.47 Å². The summed E-state index contributed by atoms with van der Waals surface area (Å²) in [6.45, 7) is 1.67. The molecule has 0 unspecified atom stereocenters. The lowest BCUT2D eigenvalue weighted by Gasteiger charge is -2.01. The van der Waals surface area contributed by atoms with E-state index in [9.17, 15) is 0 Å². The predicted octanol–water partition coefficient (Wildman–Crippen LogP) is 1.85. The van der Waals surface area contributed by atoms with Crippen LogP contribution in [-0.4, -0.2) is 14.2 Å². The third-order valence-corrected chi connectivity index (χ3v) is 1.35. The number of hydrogen-bond donors (Lipinski definition) is 0. The molecule has 2 heteroatoms. The van der Waals surface area contributed by atoms with Gasteiger partial charge in [-0.3, -0.25) is 0 Å². The van der Waals surface area contributed by atoms with E-state index in [0.717, 1.165) is 11.3 Å². The number of methoxy groups -OCH3 is 2. The maximum Gasteiger partial charge on any atom is 0.119 e. The monoisotopic (exact) mass is 151 g/mol. The molecule has 0 aliphatic heterocycles. The van der Waals surface area contributed by atoms with Crippen molar-refractivity contribution in [1.29, 1.82) is 0 Å². The summed E-state index contributed by atoms with van der Waals surface area (Å²) in [5.41, 5.74) is 1.01. The van der Waals surface area contributed by atoms with Gasteiger partial charge in [-0.1, -0.05) is 12.1 Å². The number of hydrogen-bond acceptors (Lipinski definition) is 2. The molecule has 1 aromatic carbocycles. The SMILES string of the molecule is CO[CH]c1cccc(OC)c1. The van der Waals surface area contributed by atoms with Gasteiger partial charge in [-0.25, -0.2) is 0 Å². The third-order valence-electron chi connectivity index (χ3n) is 1.35. The van der Waals surface area contributed by atoms with Gasteiger partial charge < -0.3 is 9.47 Å². The molecule has 1 rings (SSSR count). The summed E-state index contributed by atoms with van der Waals surface area (Å²) in [6.07, 6.45) is 0. The summed E-state index contributed by atoms with van der Waals surface area (Å²) < 4.78 is 9.87. The van der Waals surface area contributed by atoms with Crippen molar-refractivity contribution in [3.05, 3.63) is 36.4 Å². The highest BCUT2D eigenvalue weighted by atomic mass is 16.5. The van der Waals surface area contributed by atoms with Crippen LogP contribution in [0.2, 0.25) is 0 Å². The van der Waals surface area contributed by atoms with Gasteiger partial charge in [0, 0.05) is 7.11 Å². The zero-order chi connectivity index (χ0) is 8.10. The molecule has 11 heavy (non-hydrogen) atoms. The Morgan fingerprint density at radius 2 is 2.09 bits per heavy atom. The maximum atomic E-state index is 5.03. The minimum atomic E-state index is 0.843. The van der Waals surface area contributed by atoms with Crippen LogP contribution in [0, 0.1) is 6.61 Å². The molecule has 1 aromatic rings. The first-order valence-electron chi connectivity index (χ1n) is 3.37. The van der Waals surface area contributed by atoms with Gasteiger partial charge in [0.2, 0.25) is 0 Å². The Kier molecular flexibility index (Phi) is 2.93. The summed E-state index contributed by atoms with van der Waals surface area (Å²) in [5.74, 6) is 0.843. The van der Waals surface area contributed by atoms with Crippen LogP contribution in [-0.2, 0) is 4.74 Å². The Morgan fingerprint density at radius 1 is 1.27 bits per heavy atom. The summed E-state index contributed by atoms with van der Waals surface area (Å²) in [7, 11) is 3.27. The second-order valence-electron chi connectivity index (χ2n) is 2.13. The van der Waals surface area contributed by atoms with Gasteiger partial charge in [-0.05, 0) is 17.7 Å². The van der Waals surface area contributed by atoms with Crippen molar-refractivity contribution in [2.45, 2.75) is 0 Å². The second kappa shape index (κ2) is 3.98. The summed E-state index contributed by atoms with van der Waals surface area (Å²) in [5, 5.41) is 0. The average molecular weight is 151 g/mol. The summed E-state index contributed by atoms with van der Waals surface area (Å²) in [6, 6.07) is 7.67. The zero-order valence-corrected chi connectivity index (χ0v) is 6.70.